The highest BCUT2D eigenvalue weighted by molar-refractivity contribution is 7.19. The van der Waals surface area contributed by atoms with Crippen LogP contribution in [0.5, 0.6) is 0 Å². The molecule has 0 saturated heterocycles. The Labute approximate surface area is 112 Å². The third-order valence-corrected chi connectivity index (χ3v) is 4.95. The standard InChI is InChI=1S/C15H19NOS/c17-13(10-16-12-6-2-3-7-12)15-9-11-5-1-4-8-14(11)18-15/h1,4-5,8-9,12-13,16-17H,2-3,6-7,10H2. The van der Waals surface area contributed by atoms with Gasteiger partial charge in [0.1, 0.15) is 6.10 Å². The van der Waals surface area contributed by atoms with Crippen molar-refractivity contribution in [1.82, 2.24) is 5.32 Å². The van der Waals surface area contributed by atoms with Gasteiger partial charge in [-0.15, -0.1) is 11.3 Å². The van der Waals surface area contributed by atoms with Crippen LogP contribution in [0.2, 0.25) is 0 Å². The minimum atomic E-state index is -0.372. The van der Waals surface area contributed by atoms with Gasteiger partial charge in [0.05, 0.1) is 0 Å². The molecule has 96 valence electrons. The first kappa shape index (κ1) is 12.2. The van der Waals surface area contributed by atoms with Crippen LogP contribution < -0.4 is 5.32 Å². The molecule has 1 heterocycles. The van der Waals surface area contributed by atoms with Gasteiger partial charge < -0.3 is 10.4 Å². The van der Waals surface area contributed by atoms with E-state index >= 15 is 0 Å². The van der Waals surface area contributed by atoms with Crippen LogP contribution in [0.1, 0.15) is 36.7 Å². The molecule has 3 heteroatoms. The van der Waals surface area contributed by atoms with E-state index in [1.54, 1.807) is 11.3 Å². The van der Waals surface area contributed by atoms with Gasteiger partial charge >= 0.3 is 0 Å². The van der Waals surface area contributed by atoms with Crippen molar-refractivity contribution in [1.29, 1.82) is 0 Å². The third kappa shape index (κ3) is 2.58. The van der Waals surface area contributed by atoms with Crippen LogP contribution in [-0.4, -0.2) is 17.7 Å². The minimum Gasteiger partial charge on any atom is -0.386 e. The average molecular weight is 261 g/mol. The summed E-state index contributed by atoms with van der Waals surface area (Å²) in [7, 11) is 0. The van der Waals surface area contributed by atoms with E-state index < -0.39 is 0 Å². The summed E-state index contributed by atoms with van der Waals surface area (Å²) in [6, 6.07) is 11.0. The van der Waals surface area contributed by atoms with Crippen molar-refractivity contribution in [2.45, 2.75) is 37.8 Å². The second-order valence-electron chi connectivity index (χ2n) is 5.09. The maximum Gasteiger partial charge on any atom is 0.101 e. The summed E-state index contributed by atoms with van der Waals surface area (Å²) < 4.78 is 1.26. The number of rotatable bonds is 4. The van der Waals surface area contributed by atoms with E-state index in [2.05, 4.69) is 23.5 Å². The molecule has 1 atom stereocenters. The summed E-state index contributed by atoms with van der Waals surface area (Å²) in [5, 5.41) is 14.9. The second-order valence-corrected chi connectivity index (χ2v) is 6.21. The van der Waals surface area contributed by atoms with Crippen molar-refractivity contribution in [3.05, 3.63) is 35.2 Å². The highest BCUT2D eigenvalue weighted by atomic mass is 32.1. The number of benzene rings is 1. The molecule has 3 rings (SSSR count). The molecule has 18 heavy (non-hydrogen) atoms. The van der Waals surface area contributed by atoms with E-state index in [-0.39, 0.29) is 6.10 Å². The highest BCUT2D eigenvalue weighted by Crippen LogP contribution is 2.29. The van der Waals surface area contributed by atoms with Gasteiger partial charge in [-0.05, 0) is 30.4 Å². The van der Waals surface area contributed by atoms with Crippen LogP contribution >= 0.6 is 11.3 Å². The normalized spacial score (nSPS) is 18.5. The molecule has 1 aliphatic carbocycles. The lowest BCUT2D eigenvalue weighted by Gasteiger charge is -2.14. The molecule has 2 aromatic rings. The fraction of sp³-hybridized carbons (Fsp3) is 0.467. The summed E-state index contributed by atoms with van der Waals surface area (Å²) in [5.74, 6) is 0. The van der Waals surface area contributed by atoms with Crippen LogP contribution in [0, 0.1) is 0 Å². The molecule has 0 aliphatic heterocycles. The zero-order valence-corrected chi connectivity index (χ0v) is 11.2. The molecule has 0 bridgehead atoms. The van der Waals surface area contributed by atoms with Crippen molar-refractivity contribution in [3.8, 4) is 0 Å². The van der Waals surface area contributed by atoms with E-state index in [4.69, 9.17) is 0 Å². The van der Waals surface area contributed by atoms with Gasteiger partial charge in [-0.3, -0.25) is 0 Å². The van der Waals surface area contributed by atoms with Gasteiger partial charge in [0.15, 0.2) is 0 Å². The predicted octanol–water partition coefficient (Wildman–Crippen LogP) is 3.47. The highest BCUT2D eigenvalue weighted by Gasteiger charge is 2.17. The molecule has 1 aromatic heterocycles. The lowest BCUT2D eigenvalue weighted by molar-refractivity contribution is 0.173. The first-order chi connectivity index (χ1) is 8.83. The van der Waals surface area contributed by atoms with Gasteiger partial charge in [0.25, 0.3) is 0 Å². The van der Waals surface area contributed by atoms with Crippen LogP contribution in [0.25, 0.3) is 10.1 Å². The summed E-state index contributed by atoms with van der Waals surface area (Å²) in [5.41, 5.74) is 0. The predicted molar refractivity (Wildman–Crippen MR) is 77.0 cm³/mol. The summed E-state index contributed by atoms with van der Waals surface area (Å²) in [6.45, 7) is 0.678. The summed E-state index contributed by atoms with van der Waals surface area (Å²) >= 11 is 1.70. The summed E-state index contributed by atoms with van der Waals surface area (Å²) in [6.07, 6.45) is 4.81. The van der Waals surface area contributed by atoms with E-state index in [1.165, 1.54) is 35.8 Å². The molecule has 1 aliphatic rings. The van der Waals surface area contributed by atoms with Crippen LogP contribution in [0.3, 0.4) is 0 Å². The molecule has 1 saturated carbocycles. The van der Waals surface area contributed by atoms with E-state index in [0.29, 0.717) is 12.6 Å². The topological polar surface area (TPSA) is 32.3 Å². The van der Waals surface area contributed by atoms with E-state index in [1.807, 2.05) is 12.1 Å². The van der Waals surface area contributed by atoms with Crippen molar-refractivity contribution in [2.24, 2.45) is 0 Å². The molecule has 0 amide bonds. The van der Waals surface area contributed by atoms with Gasteiger partial charge in [0.2, 0.25) is 0 Å². The number of hydrogen-bond donors (Lipinski definition) is 2. The number of aliphatic hydroxyl groups excluding tert-OH is 1. The molecule has 0 radical (unpaired) electrons. The van der Waals surface area contributed by atoms with Crippen molar-refractivity contribution in [2.75, 3.05) is 6.54 Å². The maximum atomic E-state index is 10.2. The molecule has 1 aromatic carbocycles. The van der Waals surface area contributed by atoms with Crippen LogP contribution in [0.4, 0.5) is 0 Å². The van der Waals surface area contributed by atoms with Crippen molar-refractivity contribution in [3.63, 3.8) is 0 Å². The van der Waals surface area contributed by atoms with Gasteiger partial charge in [-0.1, -0.05) is 31.0 Å². The molecule has 1 fully saturated rings. The molecule has 2 nitrogen and oxygen atoms in total. The Morgan fingerprint density at radius 3 is 2.83 bits per heavy atom. The van der Waals surface area contributed by atoms with Crippen LogP contribution in [-0.2, 0) is 0 Å². The van der Waals surface area contributed by atoms with Crippen molar-refractivity contribution >= 4 is 21.4 Å². The number of nitrogens with one attached hydrogen (secondary N) is 1. The number of fused-ring (bicyclic) bond motifs is 1. The number of hydrogen-bond acceptors (Lipinski definition) is 3. The molecular formula is C15H19NOS. The van der Waals surface area contributed by atoms with E-state index in [0.717, 1.165) is 4.88 Å². The van der Waals surface area contributed by atoms with E-state index in [9.17, 15) is 5.11 Å². The molecule has 2 N–H and O–H groups in total. The Bertz CT molecular complexity index is 483. The average Bonchev–Trinajstić information content (AvgIpc) is 3.04. The number of aliphatic hydroxyl groups is 1. The lowest BCUT2D eigenvalue weighted by Crippen LogP contribution is -2.30. The largest absolute Gasteiger partial charge is 0.386 e. The first-order valence-electron chi connectivity index (χ1n) is 6.73. The fourth-order valence-electron chi connectivity index (χ4n) is 2.68. The van der Waals surface area contributed by atoms with Gasteiger partial charge in [-0.25, -0.2) is 0 Å². The third-order valence-electron chi connectivity index (χ3n) is 3.73. The quantitative estimate of drug-likeness (QED) is 0.883. The molecule has 0 spiro atoms. The fourth-order valence-corrected chi connectivity index (χ4v) is 3.73. The first-order valence-corrected chi connectivity index (χ1v) is 7.54. The Balaban J connectivity index is 1.65. The van der Waals surface area contributed by atoms with Gasteiger partial charge in [0, 0.05) is 22.2 Å². The zero-order chi connectivity index (χ0) is 12.4. The Morgan fingerprint density at radius 1 is 1.28 bits per heavy atom. The Kier molecular flexibility index (Phi) is 3.64. The number of thiophene rings is 1. The molecular weight excluding hydrogens is 242 g/mol. The monoisotopic (exact) mass is 261 g/mol. The van der Waals surface area contributed by atoms with Crippen LogP contribution in [0.15, 0.2) is 30.3 Å². The van der Waals surface area contributed by atoms with Gasteiger partial charge in [-0.2, -0.15) is 0 Å². The SMILES string of the molecule is OC(CNC1CCCC1)c1cc2ccccc2s1. The summed E-state index contributed by atoms with van der Waals surface area (Å²) in [4.78, 5) is 1.07. The van der Waals surface area contributed by atoms with Crippen molar-refractivity contribution < 1.29 is 5.11 Å². The Morgan fingerprint density at radius 2 is 2.06 bits per heavy atom. The Hall–Kier alpha value is -0.900. The minimum absolute atomic E-state index is 0.372. The second kappa shape index (κ2) is 5.39. The maximum absolute atomic E-state index is 10.2. The molecule has 1 unspecified atom stereocenters. The lowest BCUT2D eigenvalue weighted by atomic mass is 10.2. The zero-order valence-electron chi connectivity index (χ0n) is 10.4. The smallest absolute Gasteiger partial charge is 0.101 e.